The third kappa shape index (κ3) is 6.29. The molecule has 7 aliphatic rings. The highest BCUT2D eigenvalue weighted by atomic mass is 16.9. The maximum absolute atomic E-state index is 12.6. The van der Waals surface area contributed by atoms with Crippen LogP contribution in [0, 0.1) is 28.6 Å². The second kappa shape index (κ2) is 14.1. The van der Waals surface area contributed by atoms with Crippen LogP contribution in [0.25, 0.3) is 0 Å². The highest BCUT2D eigenvalue weighted by Crippen LogP contribution is 2.68. The van der Waals surface area contributed by atoms with E-state index < -0.39 is 96.4 Å². The Kier molecular flexibility index (Phi) is 10.4. The van der Waals surface area contributed by atoms with Crippen LogP contribution < -0.4 is 0 Å². The lowest BCUT2D eigenvalue weighted by molar-refractivity contribution is -0.481. The van der Waals surface area contributed by atoms with Crippen LogP contribution in [0.5, 0.6) is 0 Å². The van der Waals surface area contributed by atoms with Crippen molar-refractivity contribution in [3.8, 4) is 0 Å². The Morgan fingerprint density at radius 2 is 1.70 bits per heavy atom. The minimum absolute atomic E-state index is 0.00943. The Balaban J connectivity index is 1.06. The molecule has 17 atom stereocenters. The van der Waals surface area contributed by atoms with Crippen molar-refractivity contribution in [1.29, 1.82) is 0 Å². The molecule has 17 heteroatoms. The van der Waals surface area contributed by atoms with Crippen LogP contribution in [0.2, 0.25) is 0 Å². The molecule has 7 rings (SSSR count). The molecule has 17 nitrogen and oxygen atoms in total. The topological polar surface area (TPSA) is 272 Å². The largest absolute Gasteiger partial charge is 0.465 e. The van der Waals surface area contributed by atoms with E-state index in [-0.39, 0.29) is 36.9 Å². The molecule has 298 valence electrons. The van der Waals surface area contributed by atoms with E-state index in [2.05, 4.69) is 13.0 Å². The Hall–Kier alpha value is -2.10. The lowest BCUT2D eigenvalue weighted by Gasteiger charge is -2.61. The Bertz CT molecular complexity index is 1490. The van der Waals surface area contributed by atoms with Crippen LogP contribution in [0.4, 0.5) is 0 Å². The number of carbonyl (C=O) groups is 2. The van der Waals surface area contributed by atoms with Crippen LogP contribution in [-0.2, 0) is 38.0 Å². The average Bonchev–Trinajstić information content (AvgIpc) is 3.67. The first-order valence-corrected chi connectivity index (χ1v) is 18.5. The van der Waals surface area contributed by atoms with Crippen molar-refractivity contribution in [2.45, 2.75) is 138 Å². The first-order valence-electron chi connectivity index (χ1n) is 18.5. The molecule has 0 bridgehead atoms. The molecule has 0 aromatic heterocycles. The van der Waals surface area contributed by atoms with Gasteiger partial charge in [-0.2, -0.15) is 0 Å². The van der Waals surface area contributed by atoms with E-state index in [0.29, 0.717) is 44.9 Å². The van der Waals surface area contributed by atoms with E-state index in [1.807, 2.05) is 0 Å². The summed E-state index contributed by atoms with van der Waals surface area (Å²) in [5.41, 5.74) is -0.296. The van der Waals surface area contributed by atoms with Gasteiger partial charge in [0.25, 0.3) is 0 Å². The van der Waals surface area contributed by atoms with Crippen molar-refractivity contribution in [2.24, 2.45) is 28.6 Å². The highest BCUT2D eigenvalue weighted by Gasteiger charge is 2.67. The van der Waals surface area contributed by atoms with Gasteiger partial charge in [-0.25, -0.2) is 4.79 Å². The van der Waals surface area contributed by atoms with Crippen molar-refractivity contribution < 1.29 is 84.0 Å². The molecule has 0 spiro atoms. The lowest BCUT2D eigenvalue weighted by atomic mass is 9.46. The highest BCUT2D eigenvalue weighted by molar-refractivity contribution is 5.85. The first kappa shape index (κ1) is 39.1. The van der Waals surface area contributed by atoms with Gasteiger partial charge >= 0.3 is 17.9 Å². The third-order valence-corrected chi connectivity index (χ3v) is 13.7. The zero-order chi connectivity index (χ0) is 38.2. The molecule has 4 unspecified atom stereocenters. The number of carbonyl (C=O) groups excluding carboxylic acids is 2. The fourth-order valence-electron chi connectivity index (χ4n) is 10.8. The number of esters is 2. The quantitative estimate of drug-likeness (QED) is 0.0736. The molecule has 5 fully saturated rings. The Morgan fingerprint density at radius 3 is 2.38 bits per heavy atom. The van der Waals surface area contributed by atoms with E-state index in [0.717, 1.165) is 17.6 Å². The summed E-state index contributed by atoms with van der Waals surface area (Å²) in [5, 5.41) is 96.2. The average molecular weight is 757 g/mol. The van der Waals surface area contributed by atoms with Crippen molar-refractivity contribution in [3.63, 3.8) is 0 Å². The van der Waals surface area contributed by atoms with Gasteiger partial charge in [-0.15, -0.1) is 0 Å². The third-order valence-electron chi connectivity index (χ3n) is 13.7. The number of hydrogen-bond donors (Lipinski definition) is 9. The second-order valence-corrected chi connectivity index (χ2v) is 16.3. The number of ether oxygens (including phenoxy) is 6. The molecular weight excluding hydrogens is 704 g/mol. The summed E-state index contributed by atoms with van der Waals surface area (Å²) >= 11 is 0. The summed E-state index contributed by atoms with van der Waals surface area (Å²) in [7, 11) is 0. The fraction of sp³-hybridized carbons (Fsp3) is 0.833. The van der Waals surface area contributed by atoms with Gasteiger partial charge in [0.15, 0.2) is 18.7 Å². The molecule has 4 aliphatic carbocycles. The molecule has 0 aromatic rings. The Labute approximate surface area is 305 Å². The number of aliphatic hydroxyl groups excluding tert-OH is 7. The number of fused-ring (bicyclic) bond motifs is 5. The molecule has 9 N–H and O–H groups in total. The van der Waals surface area contributed by atoms with Gasteiger partial charge in [-0.05, 0) is 80.3 Å². The number of cyclic esters (lactones) is 1. The predicted octanol–water partition coefficient (Wildman–Crippen LogP) is -2.01. The van der Waals surface area contributed by atoms with Crippen molar-refractivity contribution in [1.82, 2.24) is 0 Å². The van der Waals surface area contributed by atoms with E-state index in [9.17, 15) is 55.5 Å². The molecule has 0 aromatic carbocycles. The summed E-state index contributed by atoms with van der Waals surface area (Å²) < 4.78 is 32.9. The van der Waals surface area contributed by atoms with Crippen molar-refractivity contribution in [2.75, 3.05) is 19.8 Å². The van der Waals surface area contributed by atoms with Crippen LogP contribution in [0.1, 0.15) is 65.2 Å². The molecule has 0 radical (unpaired) electrons. The SMILES string of the molecule is CC(=O)OC[C@]12CC[C@H](O[C@@H]3OC(O)[C@H](O[C@]4(O)OC(CO)[C@@H](O)C(O)[C@@H]4O)C(O)[C@@H]3O)C[C@@H]1CC=C1[C@@H]2CC[C@]2(C)[C@@H](C3=CC(=O)OC3)CC[C@]12O. The van der Waals surface area contributed by atoms with Crippen LogP contribution in [0.3, 0.4) is 0 Å². The molecule has 53 heavy (non-hydrogen) atoms. The maximum Gasteiger partial charge on any atom is 0.331 e. The van der Waals surface area contributed by atoms with E-state index >= 15 is 0 Å². The van der Waals surface area contributed by atoms with E-state index in [1.54, 1.807) is 6.08 Å². The molecule has 2 saturated heterocycles. The summed E-state index contributed by atoms with van der Waals surface area (Å²) in [6.45, 7) is 2.95. The number of aliphatic hydroxyl groups is 9. The molecule has 3 saturated carbocycles. The van der Waals surface area contributed by atoms with Gasteiger partial charge in [0.05, 0.1) is 24.9 Å². The molecule has 0 amide bonds. The maximum atomic E-state index is 12.6. The van der Waals surface area contributed by atoms with Crippen molar-refractivity contribution >= 4 is 11.9 Å². The van der Waals surface area contributed by atoms with Gasteiger partial charge in [0.1, 0.15) is 43.2 Å². The van der Waals surface area contributed by atoms with Gasteiger partial charge in [0, 0.05) is 23.8 Å². The monoisotopic (exact) mass is 756 g/mol. The Morgan fingerprint density at radius 1 is 0.962 bits per heavy atom. The fourth-order valence-corrected chi connectivity index (χ4v) is 10.8. The predicted molar refractivity (Wildman–Crippen MR) is 174 cm³/mol. The summed E-state index contributed by atoms with van der Waals surface area (Å²) in [5.74, 6) is -4.08. The number of rotatable bonds is 8. The van der Waals surface area contributed by atoms with Crippen molar-refractivity contribution in [3.05, 3.63) is 23.3 Å². The molecule has 3 heterocycles. The van der Waals surface area contributed by atoms with Gasteiger partial charge < -0.3 is 74.4 Å². The standard InChI is InChI=1S/C36H52O17/c1-16(38)49-15-34-9-5-19(50-32-28(43)26(41)29(31(45)51-32)53-36(47)30(44)27(42)25(40)23(13-37)52-36)12-18(34)3-4-22-21(34)6-8-33(2)20(7-10-35(22,33)46)17-11-24(39)48-14-17/h4,11,18-21,23,25-32,37,40-47H,3,5-10,12-15H2,1-2H3/t18-,19-,20+,21-,23?,25+,26?,27?,28-,29+,30-,31?,32+,33+,34+,35-,36+/m0/s1. The van der Waals surface area contributed by atoms with Crippen LogP contribution >= 0.6 is 0 Å². The second-order valence-electron chi connectivity index (χ2n) is 16.3. The van der Waals surface area contributed by atoms with Gasteiger partial charge in [0.2, 0.25) is 0 Å². The normalized spacial score (nSPS) is 51.0. The first-order chi connectivity index (χ1) is 25.0. The lowest BCUT2D eigenvalue weighted by Crippen LogP contribution is -2.69. The zero-order valence-corrected chi connectivity index (χ0v) is 29.7. The number of allylic oxidation sites excluding steroid dienone is 1. The number of hydrogen-bond acceptors (Lipinski definition) is 17. The zero-order valence-electron chi connectivity index (χ0n) is 29.7. The summed E-state index contributed by atoms with van der Waals surface area (Å²) in [4.78, 5) is 24.1. The molecule has 3 aliphatic heterocycles. The molecular formula is C36H52O17. The van der Waals surface area contributed by atoms with Gasteiger partial charge in [-0.3, -0.25) is 4.79 Å². The smallest absolute Gasteiger partial charge is 0.331 e. The van der Waals surface area contributed by atoms with E-state index in [4.69, 9.17) is 28.4 Å². The van der Waals surface area contributed by atoms with Gasteiger partial charge in [-0.1, -0.05) is 13.0 Å². The van der Waals surface area contributed by atoms with Crippen LogP contribution in [-0.4, -0.2) is 151 Å². The summed E-state index contributed by atoms with van der Waals surface area (Å²) in [6.07, 6.45) is -9.34. The van der Waals surface area contributed by atoms with Crippen LogP contribution in [0.15, 0.2) is 23.3 Å². The minimum atomic E-state index is -3.12. The van der Waals surface area contributed by atoms with E-state index in [1.165, 1.54) is 6.92 Å². The minimum Gasteiger partial charge on any atom is -0.465 e. The summed E-state index contributed by atoms with van der Waals surface area (Å²) in [6, 6.07) is 0.